The van der Waals surface area contributed by atoms with E-state index in [-0.39, 0.29) is 18.0 Å². The Morgan fingerprint density at radius 3 is 2.52 bits per heavy atom. The minimum atomic E-state index is -0.0993. The van der Waals surface area contributed by atoms with E-state index in [2.05, 4.69) is 30.6 Å². The van der Waals surface area contributed by atoms with Crippen LogP contribution in [-0.2, 0) is 0 Å². The number of rotatable bonds is 6. The second-order valence-electron chi connectivity index (χ2n) is 7.48. The van der Waals surface area contributed by atoms with Gasteiger partial charge in [0.1, 0.15) is 12.1 Å². The third-order valence-electron chi connectivity index (χ3n) is 5.33. The summed E-state index contributed by atoms with van der Waals surface area (Å²) in [4.78, 5) is 29.3. The zero-order valence-corrected chi connectivity index (χ0v) is 17.3. The van der Waals surface area contributed by atoms with Crippen molar-refractivity contribution in [3.8, 4) is 17.3 Å². The third-order valence-corrected chi connectivity index (χ3v) is 5.33. The quantitative estimate of drug-likeness (QED) is 0.556. The standard InChI is InChI=1S/C22H25N7O2/c1-31-22-24-11-15(12-25-22)19-10-20(27-13-26-19)28-16-8-6-14(7-9-16)21(30)29-18-5-3-2-4-17(18)23/h6-13,17-18H,2-5,23H2,1H3,(H,29,30)(H,26,27,28)/t17-,18-/m0/s1. The molecule has 9 nitrogen and oxygen atoms in total. The number of aromatic nitrogens is 4. The van der Waals surface area contributed by atoms with E-state index in [4.69, 9.17) is 10.5 Å². The van der Waals surface area contributed by atoms with Gasteiger partial charge in [0.2, 0.25) is 0 Å². The van der Waals surface area contributed by atoms with Crippen LogP contribution in [0.15, 0.2) is 49.1 Å². The van der Waals surface area contributed by atoms with E-state index < -0.39 is 0 Å². The molecule has 1 saturated carbocycles. The first kappa shape index (κ1) is 20.7. The molecule has 0 aliphatic heterocycles. The van der Waals surface area contributed by atoms with Crippen molar-refractivity contribution in [3.05, 3.63) is 54.6 Å². The summed E-state index contributed by atoms with van der Waals surface area (Å²) in [5.74, 6) is 0.518. The number of anilines is 2. The molecule has 2 heterocycles. The molecule has 0 radical (unpaired) electrons. The van der Waals surface area contributed by atoms with Gasteiger partial charge in [-0.2, -0.15) is 0 Å². The molecule has 1 amide bonds. The number of nitrogens with two attached hydrogens (primary N) is 1. The van der Waals surface area contributed by atoms with Gasteiger partial charge in [-0.1, -0.05) is 12.8 Å². The summed E-state index contributed by atoms with van der Waals surface area (Å²) in [6.45, 7) is 0. The lowest BCUT2D eigenvalue weighted by atomic mass is 9.91. The molecule has 0 saturated heterocycles. The zero-order valence-electron chi connectivity index (χ0n) is 17.3. The lowest BCUT2D eigenvalue weighted by Gasteiger charge is -2.29. The highest BCUT2D eigenvalue weighted by Crippen LogP contribution is 2.22. The number of carbonyl (C=O) groups is 1. The van der Waals surface area contributed by atoms with Crippen molar-refractivity contribution >= 4 is 17.4 Å². The number of benzene rings is 1. The number of nitrogens with one attached hydrogen (secondary N) is 2. The number of nitrogens with zero attached hydrogens (tertiary/aromatic N) is 4. The number of ether oxygens (including phenoxy) is 1. The van der Waals surface area contributed by atoms with Crippen LogP contribution in [0.5, 0.6) is 6.01 Å². The molecule has 3 aromatic rings. The predicted molar refractivity (Wildman–Crippen MR) is 117 cm³/mol. The Kier molecular flexibility index (Phi) is 6.32. The minimum absolute atomic E-state index is 0.0294. The highest BCUT2D eigenvalue weighted by atomic mass is 16.5. The second kappa shape index (κ2) is 9.48. The maximum absolute atomic E-state index is 12.5. The van der Waals surface area contributed by atoms with Gasteiger partial charge in [-0.3, -0.25) is 4.79 Å². The molecule has 1 aromatic carbocycles. The highest BCUT2D eigenvalue weighted by Gasteiger charge is 2.23. The predicted octanol–water partition coefficient (Wildman–Crippen LogP) is 2.69. The van der Waals surface area contributed by atoms with E-state index >= 15 is 0 Å². The molecule has 2 aromatic heterocycles. The molecule has 160 valence electrons. The molecule has 1 fully saturated rings. The number of hydrogen-bond donors (Lipinski definition) is 3. The van der Waals surface area contributed by atoms with Gasteiger partial charge in [-0.05, 0) is 37.1 Å². The summed E-state index contributed by atoms with van der Waals surface area (Å²) < 4.78 is 4.98. The van der Waals surface area contributed by atoms with E-state index in [9.17, 15) is 4.79 Å². The molecule has 4 rings (SSSR count). The third kappa shape index (κ3) is 5.13. The first-order chi connectivity index (χ1) is 15.1. The number of amides is 1. The molecule has 0 spiro atoms. The molecule has 0 bridgehead atoms. The fraction of sp³-hybridized carbons (Fsp3) is 0.318. The Morgan fingerprint density at radius 1 is 1.06 bits per heavy atom. The molecule has 2 atom stereocenters. The van der Waals surface area contributed by atoms with Gasteiger partial charge >= 0.3 is 6.01 Å². The molecule has 0 unspecified atom stereocenters. The van der Waals surface area contributed by atoms with Crippen LogP contribution in [0.25, 0.3) is 11.3 Å². The first-order valence-electron chi connectivity index (χ1n) is 10.2. The summed E-state index contributed by atoms with van der Waals surface area (Å²) in [6, 6.07) is 9.42. The Morgan fingerprint density at radius 2 is 1.81 bits per heavy atom. The van der Waals surface area contributed by atoms with Gasteiger partial charge in [-0.15, -0.1) is 0 Å². The van der Waals surface area contributed by atoms with E-state index in [1.54, 1.807) is 30.6 Å². The Bertz CT molecular complexity index is 1020. The molecule has 31 heavy (non-hydrogen) atoms. The average molecular weight is 419 g/mol. The maximum atomic E-state index is 12.5. The lowest BCUT2D eigenvalue weighted by Crippen LogP contribution is -2.49. The summed E-state index contributed by atoms with van der Waals surface area (Å²) >= 11 is 0. The normalized spacial score (nSPS) is 18.3. The molecule has 1 aliphatic carbocycles. The average Bonchev–Trinajstić information content (AvgIpc) is 2.81. The van der Waals surface area contributed by atoms with Crippen molar-refractivity contribution in [1.29, 1.82) is 0 Å². The zero-order chi connectivity index (χ0) is 21.6. The molecule has 9 heteroatoms. The van der Waals surface area contributed by atoms with Crippen molar-refractivity contribution < 1.29 is 9.53 Å². The minimum Gasteiger partial charge on any atom is -0.467 e. The lowest BCUT2D eigenvalue weighted by molar-refractivity contribution is 0.0921. The topological polar surface area (TPSA) is 128 Å². The van der Waals surface area contributed by atoms with Crippen LogP contribution in [0.2, 0.25) is 0 Å². The van der Waals surface area contributed by atoms with E-state index in [1.165, 1.54) is 13.4 Å². The maximum Gasteiger partial charge on any atom is 0.316 e. The Balaban J connectivity index is 1.41. The number of methoxy groups -OCH3 is 1. The van der Waals surface area contributed by atoms with Crippen molar-refractivity contribution in [2.45, 2.75) is 37.8 Å². The first-order valence-corrected chi connectivity index (χ1v) is 10.2. The summed E-state index contributed by atoms with van der Waals surface area (Å²) in [5, 5.41) is 6.29. The van der Waals surface area contributed by atoms with Gasteiger partial charge < -0.3 is 21.1 Å². The van der Waals surface area contributed by atoms with Crippen LogP contribution in [0.1, 0.15) is 36.0 Å². The van der Waals surface area contributed by atoms with Crippen LogP contribution in [0.4, 0.5) is 11.5 Å². The van der Waals surface area contributed by atoms with Crippen LogP contribution >= 0.6 is 0 Å². The molecule has 1 aliphatic rings. The molecule has 4 N–H and O–H groups in total. The number of hydrogen-bond acceptors (Lipinski definition) is 8. The smallest absolute Gasteiger partial charge is 0.316 e. The highest BCUT2D eigenvalue weighted by molar-refractivity contribution is 5.94. The largest absolute Gasteiger partial charge is 0.467 e. The van der Waals surface area contributed by atoms with Crippen molar-refractivity contribution in [3.63, 3.8) is 0 Å². The van der Waals surface area contributed by atoms with Gasteiger partial charge in [0.15, 0.2) is 0 Å². The fourth-order valence-electron chi connectivity index (χ4n) is 3.58. The van der Waals surface area contributed by atoms with Crippen LogP contribution in [0.3, 0.4) is 0 Å². The van der Waals surface area contributed by atoms with Gasteiger partial charge in [-0.25, -0.2) is 19.9 Å². The van der Waals surface area contributed by atoms with Gasteiger partial charge in [0.05, 0.1) is 12.8 Å². The number of carbonyl (C=O) groups excluding carboxylic acids is 1. The second-order valence-corrected chi connectivity index (χ2v) is 7.48. The van der Waals surface area contributed by atoms with Crippen LogP contribution in [0, 0.1) is 0 Å². The van der Waals surface area contributed by atoms with Crippen LogP contribution in [-0.4, -0.2) is 45.0 Å². The SMILES string of the molecule is COc1ncc(-c2cc(Nc3ccc(C(=O)N[C@H]4CCCC[C@@H]4N)cc3)ncn2)cn1. The Labute approximate surface area is 180 Å². The van der Waals surface area contributed by atoms with E-state index in [0.717, 1.165) is 36.9 Å². The van der Waals surface area contributed by atoms with E-state index in [1.807, 2.05) is 12.1 Å². The molecular formula is C22H25N7O2. The van der Waals surface area contributed by atoms with Gasteiger partial charge in [0.25, 0.3) is 5.91 Å². The van der Waals surface area contributed by atoms with Crippen LogP contribution < -0.4 is 21.1 Å². The fourth-order valence-corrected chi connectivity index (χ4v) is 3.58. The van der Waals surface area contributed by atoms with Crippen molar-refractivity contribution in [1.82, 2.24) is 25.3 Å². The van der Waals surface area contributed by atoms with Crippen molar-refractivity contribution in [2.75, 3.05) is 12.4 Å². The van der Waals surface area contributed by atoms with Crippen molar-refractivity contribution in [2.24, 2.45) is 5.73 Å². The van der Waals surface area contributed by atoms with Gasteiger partial charge in [0, 0.05) is 47.4 Å². The van der Waals surface area contributed by atoms with E-state index in [0.29, 0.717) is 23.1 Å². The summed E-state index contributed by atoms with van der Waals surface area (Å²) in [6.07, 6.45) is 8.87. The summed E-state index contributed by atoms with van der Waals surface area (Å²) in [5.41, 5.74) is 8.97. The summed E-state index contributed by atoms with van der Waals surface area (Å²) in [7, 11) is 1.52. The Hall–Kier alpha value is -3.59. The monoisotopic (exact) mass is 419 g/mol. The molecular weight excluding hydrogens is 394 g/mol.